The maximum Gasteiger partial charge on any atom is 0.0410 e. The normalized spacial score (nSPS) is 10.7. The second-order valence-electron chi connectivity index (χ2n) is 4.16. The average molecular weight is 364 g/mol. The van der Waals surface area contributed by atoms with E-state index in [0.717, 1.165) is 29.2 Å². The van der Waals surface area contributed by atoms with Gasteiger partial charge in [-0.3, -0.25) is 4.98 Å². The smallest absolute Gasteiger partial charge is 0.0410 e. The molecule has 0 fully saturated rings. The van der Waals surface area contributed by atoms with Crippen LogP contribution in [0.1, 0.15) is 36.8 Å². The summed E-state index contributed by atoms with van der Waals surface area (Å²) >= 11 is 6.89. The maximum atomic E-state index is 6.18. The highest BCUT2D eigenvalue weighted by atomic mass is 79.9. The van der Waals surface area contributed by atoms with Crippen molar-refractivity contribution in [3.05, 3.63) is 23.5 Å². The zero-order valence-corrected chi connectivity index (χ0v) is 13.3. The van der Waals surface area contributed by atoms with E-state index in [1.165, 1.54) is 36.8 Å². The van der Waals surface area contributed by atoms with Crippen molar-refractivity contribution in [2.45, 2.75) is 38.5 Å². The first-order valence-electron chi connectivity index (χ1n) is 6.12. The molecule has 2 nitrogen and oxygen atoms in total. The van der Waals surface area contributed by atoms with Crippen molar-refractivity contribution in [1.82, 2.24) is 4.98 Å². The lowest BCUT2D eigenvalue weighted by Crippen LogP contribution is -2.02. The molecule has 0 amide bonds. The van der Waals surface area contributed by atoms with E-state index in [2.05, 4.69) is 36.8 Å². The molecule has 17 heavy (non-hydrogen) atoms. The van der Waals surface area contributed by atoms with Crippen LogP contribution in [0.5, 0.6) is 0 Å². The van der Waals surface area contributed by atoms with E-state index in [4.69, 9.17) is 5.73 Å². The molecular formula is C13H20Br2N2. The molecule has 0 spiro atoms. The molecular weight excluding hydrogens is 344 g/mol. The van der Waals surface area contributed by atoms with E-state index in [0.29, 0.717) is 0 Å². The maximum absolute atomic E-state index is 6.18. The first kappa shape index (κ1) is 15.0. The molecule has 0 aliphatic heterocycles. The molecule has 0 unspecified atom stereocenters. The fraction of sp³-hybridized carbons (Fsp3) is 0.615. The van der Waals surface area contributed by atoms with Gasteiger partial charge in [0.15, 0.2) is 0 Å². The predicted octanol–water partition coefficient (Wildman–Crippen LogP) is 4.10. The molecule has 1 aromatic rings. The van der Waals surface area contributed by atoms with E-state index in [1.54, 1.807) is 0 Å². The minimum atomic E-state index is 0.962. The number of alkyl halides is 2. The van der Waals surface area contributed by atoms with E-state index in [9.17, 15) is 0 Å². The number of nitrogens with two attached hydrogens (primary N) is 1. The third kappa shape index (κ3) is 5.38. The fourth-order valence-corrected chi connectivity index (χ4v) is 2.57. The van der Waals surface area contributed by atoms with Crippen LogP contribution >= 0.6 is 31.9 Å². The Morgan fingerprint density at radius 2 is 1.35 bits per heavy atom. The van der Waals surface area contributed by atoms with Crippen LogP contribution < -0.4 is 5.73 Å². The number of rotatable bonds is 8. The molecule has 96 valence electrons. The molecule has 0 saturated heterocycles. The summed E-state index contributed by atoms with van der Waals surface area (Å²) in [4.78, 5) is 4.30. The van der Waals surface area contributed by atoms with Crippen molar-refractivity contribution in [3.63, 3.8) is 0 Å². The zero-order chi connectivity index (χ0) is 12.5. The number of aryl methyl sites for hydroxylation is 2. The second-order valence-corrected chi connectivity index (χ2v) is 5.75. The van der Waals surface area contributed by atoms with E-state index in [-0.39, 0.29) is 0 Å². The summed E-state index contributed by atoms with van der Waals surface area (Å²) in [6, 6.07) is 0. The molecule has 2 N–H and O–H groups in total. The predicted molar refractivity (Wildman–Crippen MR) is 82.1 cm³/mol. The van der Waals surface area contributed by atoms with Gasteiger partial charge >= 0.3 is 0 Å². The summed E-state index contributed by atoms with van der Waals surface area (Å²) in [5.41, 5.74) is 9.57. The Morgan fingerprint density at radius 3 is 1.76 bits per heavy atom. The monoisotopic (exact) mass is 362 g/mol. The molecule has 0 saturated carbocycles. The molecule has 0 atom stereocenters. The van der Waals surface area contributed by atoms with E-state index >= 15 is 0 Å². The van der Waals surface area contributed by atoms with Crippen LogP contribution in [-0.4, -0.2) is 15.6 Å². The Bertz CT molecular complexity index is 301. The van der Waals surface area contributed by atoms with Crippen molar-refractivity contribution in [3.8, 4) is 0 Å². The summed E-state index contributed by atoms with van der Waals surface area (Å²) in [5.74, 6) is 0. The largest absolute Gasteiger partial charge is 0.398 e. The number of aromatic nitrogens is 1. The van der Waals surface area contributed by atoms with Gasteiger partial charge in [0, 0.05) is 28.7 Å². The van der Waals surface area contributed by atoms with Gasteiger partial charge in [-0.1, -0.05) is 31.9 Å². The standard InChI is InChI=1S/C13H20Br2N2/c14-7-3-1-5-11-9-17-10-12(13(11)16)6-2-4-8-15/h9-10H,1-8H2,(H2,16,17). The molecule has 1 rings (SSSR count). The van der Waals surface area contributed by atoms with Gasteiger partial charge in [-0.15, -0.1) is 0 Å². The number of nitrogens with zero attached hydrogens (tertiary/aromatic N) is 1. The summed E-state index contributed by atoms with van der Waals surface area (Å²) in [7, 11) is 0. The Hall–Kier alpha value is -0.0900. The number of anilines is 1. The molecule has 1 aromatic heterocycles. The lowest BCUT2D eigenvalue weighted by Gasteiger charge is -2.09. The average Bonchev–Trinajstić information content (AvgIpc) is 2.34. The minimum Gasteiger partial charge on any atom is -0.398 e. The molecule has 0 bridgehead atoms. The quantitative estimate of drug-likeness (QED) is 0.557. The van der Waals surface area contributed by atoms with E-state index < -0.39 is 0 Å². The molecule has 4 heteroatoms. The van der Waals surface area contributed by atoms with Gasteiger partial charge < -0.3 is 5.73 Å². The number of hydrogen-bond acceptors (Lipinski definition) is 2. The highest BCUT2D eigenvalue weighted by Crippen LogP contribution is 2.20. The molecule has 0 aliphatic rings. The second kappa shape index (κ2) is 8.92. The van der Waals surface area contributed by atoms with Gasteiger partial charge in [0.1, 0.15) is 0 Å². The highest BCUT2D eigenvalue weighted by molar-refractivity contribution is 9.09. The summed E-state index contributed by atoms with van der Waals surface area (Å²) < 4.78 is 0. The first-order valence-corrected chi connectivity index (χ1v) is 8.37. The highest BCUT2D eigenvalue weighted by Gasteiger charge is 2.05. The fourth-order valence-electron chi connectivity index (χ4n) is 1.78. The summed E-state index contributed by atoms with van der Waals surface area (Å²) in [5, 5.41) is 2.12. The van der Waals surface area contributed by atoms with Crippen molar-refractivity contribution in [2.24, 2.45) is 0 Å². The lowest BCUT2D eigenvalue weighted by atomic mass is 10.0. The van der Waals surface area contributed by atoms with Crippen LogP contribution in [0.15, 0.2) is 12.4 Å². The number of hydrogen-bond donors (Lipinski definition) is 1. The molecule has 0 aliphatic carbocycles. The van der Waals surface area contributed by atoms with Crippen LogP contribution in [0.3, 0.4) is 0 Å². The summed E-state index contributed by atoms with van der Waals surface area (Å²) in [6.07, 6.45) is 10.6. The van der Waals surface area contributed by atoms with Crippen LogP contribution in [0, 0.1) is 0 Å². The van der Waals surface area contributed by atoms with Gasteiger partial charge in [0.2, 0.25) is 0 Å². The van der Waals surface area contributed by atoms with E-state index in [1.807, 2.05) is 12.4 Å². The SMILES string of the molecule is Nc1c(CCCCBr)cncc1CCCCBr. The lowest BCUT2D eigenvalue weighted by molar-refractivity contribution is 0.787. The summed E-state index contributed by atoms with van der Waals surface area (Å²) in [6.45, 7) is 0. The number of halogens is 2. The third-order valence-corrected chi connectivity index (χ3v) is 3.93. The van der Waals surface area contributed by atoms with Gasteiger partial charge in [0.25, 0.3) is 0 Å². The van der Waals surface area contributed by atoms with Gasteiger partial charge in [0.05, 0.1) is 0 Å². The van der Waals surface area contributed by atoms with Crippen molar-refractivity contribution in [2.75, 3.05) is 16.4 Å². The first-order chi connectivity index (χ1) is 8.29. The van der Waals surface area contributed by atoms with Crippen molar-refractivity contribution >= 4 is 37.5 Å². The van der Waals surface area contributed by atoms with Gasteiger partial charge in [-0.2, -0.15) is 0 Å². The minimum absolute atomic E-state index is 0.962. The van der Waals surface area contributed by atoms with Crippen molar-refractivity contribution in [1.29, 1.82) is 0 Å². The van der Waals surface area contributed by atoms with Crippen molar-refractivity contribution < 1.29 is 0 Å². The van der Waals surface area contributed by atoms with Crippen LogP contribution in [0.4, 0.5) is 5.69 Å². The molecule has 0 aromatic carbocycles. The Labute approximate surface area is 121 Å². The van der Waals surface area contributed by atoms with Crippen LogP contribution in [0.2, 0.25) is 0 Å². The van der Waals surface area contributed by atoms with Crippen LogP contribution in [0.25, 0.3) is 0 Å². The third-order valence-electron chi connectivity index (χ3n) is 2.81. The molecule has 0 radical (unpaired) electrons. The zero-order valence-electron chi connectivity index (χ0n) is 10.1. The Balaban J connectivity index is 2.56. The Morgan fingerprint density at radius 1 is 0.882 bits per heavy atom. The molecule has 1 heterocycles. The number of nitrogen functional groups attached to an aromatic ring is 1. The number of unbranched alkanes of at least 4 members (excludes halogenated alkanes) is 2. The topological polar surface area (TPSA) is 38.9 Å². The van der Waals surface area contributed by atoms with Crippen LogP contribution in [-0.2, 0) is 12.8 Å². The number of pyridine rings is 1. The van der Waals surface area contributed by atoms with Gasteiger partial charge in [-0.25, -0.2) is 0 Å². The van der Waals surface area contributed by atoms with Gasteiger partial charge in [-0.05, 0) is 49.7 Å². The Kier molecular flexibility index (Phi) is 7.86.